The number of carbonyl (C=O) groups is 2. The highest BCUT2D eigenvalue weighted by atomic mass is 16.4. The highest BCUT2D eigenvalue weighted by Gasteiger charge is 2.40. The van der Waals surface area contributed by atoms with E-state index in [4.69, 9.17) is 5.11 Å². The number of rotatable bonds is 4. The minimum Gasteiger partial charge on any atom is -0.481 e. The van der Waals surface area contributed by atoms with Crippen LogP contribution < -0.4 is 10.6 Å². The monoisotopic (exact) mass is 268 g/mol. The Balaban J connectivity index is 1.93. The Bertz CT molecular complexity index is 351. The van der Waals surface area contributed by atoms with Crippen LogP contribution in [0.5, 0.6) is 0 Å². The predicted octanol–water partition coefficient (Wildman–Crippen LogP) is 1.14. The molecule has 1 saturated heterocycles. The van der Waals surface area contributed by atoms with Gasteiger partial charge in [0.05, 0.1) is 11.3 Å². The molecule has 2 fully saturated rings. The molecule has 1 heterocycles. The second-order valence-corrected chi connectivity index (χ2v) is 5.93. The van der Waals surface area contributed by atoms with Crippen LogP contribution in [-0.4, -0.2) is 36.1 Å². The lowest BCUT2D eigenvalue weighted by Crippen LogP contribution is -2.48. The predicted molar refractivity (Wildman–Crippen MR) is 71.7 cm³/mol. The summed E-state index contributed by atoms with van der Waals surface area (Å²) in [6.07, 6.45) is 4.82. The molecule has 2 rings (SSSR count). The number of amides is 1. The maximum atomic E-state index is 12.4. The van der Waals surface area contributed by atoms with Gasteiger partial charge in [0.1, 0.15) is 0 Å². The first kappa shape index (κ1) is 14.3. The maximum Gasteiger partial charge on any atom is 0.306 e. The van der Waals surface area contributed by atoms with Crippen LogP contribution in [0.4, 0.5) is 0 Å². The van der Waals surface area contributed by atoms with Crippen molar-refractivity contribution in [2.45, 2.75) is 51.5 Å². The first-order valence-electron chi connectivity index (χ1n) is 7.32. The molecule has 5 nitrogen and oxygen atoms in total. The minimum atomic E-state index is -0.730. The molecule has 5 heteroatoms. The van der Waals surface area contributed by atoms with Gasteiger partial charge in [-0.05, 0) is 38.6 Å². The summed E-state index contributed by atoms with van der Waals surface area (Å²) < 4.78 is 0. The van der Waals surface area contributed by atoms with Crippen molar-refractivity contribution in [1.29, 1.82) is 0 Å². The summed E-state index contributed by atoms with van der Waals surface area (Å²) in [5.74, 6) is -0.916. The van der Waals surface area contributed by atoms with Crippen molar-refractivity contribution in [2.75, 3.05) is 13.1 Å². The molecule has 0 aromatic rings. The molecule has 1 aliphatic heterocycles. The van der Waals surface area contributed by atoms with Gasteiger partial charge in [-0.3, -0.25) is 9.59 Å². The van der Waals surface area contributed by atoms with Crippen molar-refractivity contribution >= 4 is 11.9 Å². The van der Waals surface area contributed by atoms with Crippen LogP contribution in [0.2, 0.25) is 0 Å². The number of aliphatic carboxylic acids is 1. The van der Waals surface area contributed by atoms with Crippen molar-refractivity contribution < 1.29 is 14.7 Å². The van der Waals surface area contributed by atoms with Gasteiger partial charge >= 0.3 is 5.97 Å². The lowest BCUT2D eigenvalue weighted by molar-refractivity contribution is -0.143. The molecule has 19 heavy (non-hydrogen) atoms. The zero-order chi connectivity index (χ0) is 13.9. The topological polar surface area (TPSA) is 78.4 Å². The minimum absolute atomic E-state index is 0.0337. The molecule has 1 aliphatic carbocycles. The molecule has 0 bridgehead atoms. The Hall–Kier alpha value is -1.10. The van der Waals surface area contributed by atoms with E-state index in [9.17, 15) is 9.59 Å². The molecular weight excluding hydrogens is 244 g/mol. The van der Waals surface area contributed by atoms with Crippen molar-refractivity contribution in [1.82, 2.24) is 10.6 Å². The van der Waals surface area contributed by atoms with Crippen LogP contribution in [-0.2, 0) is 9.59 Å². The zero-order valence-corrected chi connectivity index (χ0v) is 11.6. The van der Waals surface area contributed by atoms with Gasteiger partial charge in [-0.1, -0.05) is 13.3 Å². The fraction of sp³-hybridized carbons (Fsp3) is 0.857. The van der Waals surface area contributed by atoms with Gasteiger partial charge in [0.15, 0.2) is 0 Å². The van der Waals surface area contributed by atoms with Gasteiger partial charge in [-0.2, -0.15) is 0 Å². The smallest absolute Gasteiger partial charge is 0.306 e. The van der Waals surface area contributed by atoms with Crippen LogP contribution in [0.15, 0.2) is 0 Å². The lowest BCUT2D eigenvalue weighted by atomic mass is 9.81. The summed E-state index contributed by atoms with van der Waals surface area (Å²) in [7, 11) is 0. The third kappa shape index (κ3) is 3.08. The summed E-state index contributed by atoms with van der Waals surface area (Å²) in [5, 5.41) is 15.4. The van der Waals surface area contributed by atoms with Gasteiger partial charge in [0.2, 0.25) is 5.91 Å². The fourth-order valence-electron chi connectivity index (χ4n) is 3.28. The maximum absolute atomic E-state index is 12.4. The van der Waals surface area contributed by atoms with Gasteiger partial charge in [0.25, 0.3) is 0 Å². The van der Waals surface area contributed by atoms with Gasteiger partial charge in [0, 0.05) is 12.6 Å². The number of hydrogen-bond acceptors (Lipinski definition) is 3. The van der Waals surface area contributed by atoms with Crippen molar-refractivity contribution in [3.63, 3.8) is 0 Å². The van der Waals surface area contributed by atoms with Crippen LogP contribution in [0.3, 0.4) is 0 Å². The van der Waals surface area contributed by atoms with E-state index in [0.29, 0.717) is 6.42 Å². The van der Waals surface area contributed by atoms with E-state index >= 15 is 0 Å². The average Bonchev–Trinajstić information content (AvgIpc) is 2.89. The standard InChI is InChI=1S/C14H24N2O3/c1-2-14(6-7-15-9-14)13(19)16-11-5-3-4-10(8-11)12(17)18/h10-11,15H,2-9H2,1H3,(H,16,19)(H,17,18). The Labute approximate surface area is 114 Å². The Morgan fingerprint density at radius 3 is 2.79 bits per heavy atom. The van der Waals surface area contributed by atoms with Gasteiger partial charge in [-0.15, -0.1) is 0 Å². The van der Waals surface area contributed by atoms with Crippen LogP contribution >= 0.6 is 0 Å². The normalized spacial score (nSPS) is 35.0. The van der Waals surface area contributed by atoms with Gasteiger partial charge in [-0.25, -0.2) is 0 Å². The Kier molecular flexibility index (Phi) is 4.45. The van der Waals surface area contributed by atoms with E-state index in [1.807, 2.05) is 6.92 Å². The molecule has 3 N–H and O–H groups in total. The van der Waals surface area contributed by atoms with Crippen LogP contribution in [0, 0.1) is 11.3 Å². The van der Waals surface area contributed by atoms with Gasteiger partial charge < -0.3 is 15.7 Å². The molecule has 0 aromatic carbocycles. The number of carboxylic acid groups (broad SMARTS) is 1. The van der Waals surface area contributed by atoms with Crippen LogP contribution in [0.1, 0.15) is 45.4 Å². The number of hydrogen-bond donors (Lipinski definition) is 3. The number of nitrogens with one attached hydrogen (secondary N) is 2. The van der Waals surface area contributed by atoms with E-state index in [1.54, 1.807) is 0 Å². The summed E-state index contributed by atoms with van der Waals surface area (Å²) in [6, 6.07) is 0.0337. The van der Waals surface area contributed by atoms with Crippen molar-refractivity contribution in [3.8, 4) is 0 Å². The largest absolute Gasteiger partial charge is 0.481 e. The molecule has 0 aromatic heterocycles. The highest BCUT2D eigenvalue weighted by molar-refractivity contribution is 5.83. The SMILES string of the molecule is CCC1(C(=O)NC2CCCC(C(=O)O)C2)CCNC1. The van der Waals surface area contributed by atoms with Crippen molar-refractivity contribution in [3.05, 3.63) is 0 Å². The molecule has 0 radical (unpaired) electrons. The summed E-state index contributed by atoms with van der Waals surface area (Å²) in [5.41, 5.74) is -0.282. The Morgan fingerprint density at radius 1 is 1.42 bits per heavy atom. The van der Waals surface area contributed by atoms with E-state index in [2.05, 4.69) is 10.6 Å². The quantitative estimate of drug-likeness (QED) is 0.714. The van der Waals surface area contributed by atoms with E-state index in [1.165, 1.54) is 0 Å². The molecule has 3 atom stereocenters. The fourth-order valence-corrected chi connectivity index (χ4v) is 3.28. The molecule has 108 valence electrons. The van der Waals surface area contributed by atoms with E-state index < -0.39 is 5.97 Å². The third-order valence-electron chi connectivity index (χ3n) is 4.76. The molecule has 2 aliphatic rings. The van der Waals surface area contributed by atoms with Crippen LogP contribution in [0.25, 0.3) is 0 Å². The van der Waals surface area contributed by atoms with E-state index in [0.717, 1.165) is 45.2 Å². The van der Waals surface area contributed by atoms with E-state index in [-0.39, 0.29) is 23.3 Å². The second-order valence-electron chi connectivity index (χ2n) is 5.93. The molecule has 1 amide bonds. The molecule has 3 unspecified atom stereocenters. The third-order valence-corrected chi connectivity index (χ3v) is 4.76. The summed E-state index contributed by atoms with van der Waals surface area (Å²) >= 11 is 0. The number of carbonyl (C=O) groups excluding carboxylic acids is 1. The summed E-state index contributed by atoms with van der Waals surface area (Å²) in [6.45, 7) is 3.68. The number of carboxylic acids is 1. The molecule has 0 spiro atoms. The lowest BCUT2D eigenvalue weighted by Gasteiger charge is -2.32. The second kappa shape index (κ2) is 5.90. The molecule has 1 saturated carbocycles. The first-order valence-corrected chi connectivity index (χ1v) is 7.32. The average molecular weight is 268 g/mol. The highest BCUT2D eigenvalue weighted by Crippen LogP contribution is 2.31. The zero-order valence-electron chi connectivity index (χ0n) is 11.6. The van der Waals surface area contributed by atoms with Crippen molar-refractivity contribution in [2.24, 2.45) is 11.3 Å². The molecular formula is C14H24N2O3. The Morgan fingerprint density at radius 2 is 2.21 bits per heavy atom. The first-order chi connectivity index (χ1) is 9.07. The summed E-state index contributed by atoms with van der Waals surface area (Å²) in [4.78, 5) is 23.5.